The Hall–Kier alpha value is 0.170. The molecule has 1 heterocycles. The molecule has 1 fully saturated rings. The lowest BCUT2D eigenvalue weighted by molar-refractivity contribution is 0.0396. The second kappa shape index (κ2) is 4.99. The molecule has 0 saturated carbocycles. The summed E-state index contributed by atoms with van der Waals surface area (Å²) in [5.74, 6) is 0. The molecule has 0 aromatic rings. The molecule has 1 aliphatic rings. The Kier molecular flexibility index (Phi) is 5.09. The van der Waals surface area contributed by atoms with Gasteiger partial charge in [0.25, 0.3) is 0 Å². The molecule has 0 amide bonds. The fourth-order valence-electron chi connectivity index (χ4n) is 0.697. The summed E-state index contributed by atoms with van der Waals surface area (Å²) < 4.78 is 4.99. The van der Waals surface area contributed by atoms with E-state index in [1.807, 2.05) is 0 Å². The van der Waals surface area contributed by atoms with E-state index in [-0.39, 0.29) is 12.4 Å². The maximum Gasteiger partial charge on any atom is 0.128 e. The molecule has 0 spiro atoms. The van der Waals surface area contributed by atoms with Crippen LogP contribution in [0.15, 0.2) is 0 Å². The van der Waals surface area contributed by atoms with Gasteiger partial charge in [-0.15, -0.1) is 12.4 Å². The predicted octanol–water partition coefficient (Wildman–Crippen LogP) is -0.264. The molecular formula is C5H12ClNO2. The molecular weight excluding hydrogens is 142 g/mol. The number of halogens is 1. The SMILES string of the molecule is Cl.OC1COCCCN1. The first kappa shape index (κ1) is 9.17. The van der Waals surface area contributed by atoms with Gasteiger partial charge in [0, 0.05) is 6.61 Å². The van der Waals surface area contributed by atoms with E-state index < -0.39 is 6.23 Å². The quantitative estimate of drug-likeness (QED) is 0.504. The lowest BCUT2D eigenvalue weighted by atomic mass is 10.4. The van der Waals surface area contributed by atoms with Crippen molar-refractivity contribution in [3.8, 4) is 0 Å². The van der Waals surface area contributed by atoms with Crippen LogP contribution in [0.1, 0.15) is 6.42 Å². The Morgan fingerprint density at radius 2 is 2.33 bits per heavy atom. The molecule has 4 heteroatoms. The number of rotatable bonds is 0. The Morgan fingerprint density at radius 3 is 3.11 bits per heavy atom. The highest BCUT2D eigenvalue weighted by molar-refractivity contribution is 5.85. The second-order valence-corrected chi connectivity index (χ2v) is 1.90. The van der Waals surface area contributed by atoms with Crippen LogP contribution in [0.3, 0.4) is 0 Å². The van der Waals surface area contributed by atoms with Crippen LogP contribution in [0.4, 0.5) is 0 Å². The topological polar surface area (TPSA) is 41.5 Å². The van der Waals surface area contributed by atoms with Crippen molar-refractivity contribution in [3.63, 3.8) is 0 Å². The Balaban J connectivity index is 0.000000640. The van der Waals surface area contributed by atoms with E-state index in [9.17, 15) is 0 Å². The highest BCUT2D eigenvalue weighted by atomic mass is 35.5. The minimum Gasteiger partial charge on any atom is -0.377 e. The fraction of sp³-hybridized carbons (Fsp3) is 1.00. The summed E-state index contributed by atoms with van der Waals surface area (Å²) in [7, 11) is 0. The maximum absolute atomic E-state index is 8.85. The molecule has 1 aliphatic heterocycles. The van der Waals surface area contributed by atoms with Crippen LogP contribution >= 0.6 is 12.4 Å². The minimum absolute atomic E-state index is 0. The molecule has 0 aliphatic carbocycles. The van der Waals surface area contributed by atoms with E-state index in [0.717, 1.165) is 19.6 Å². The van der Waals surface area contributed by atoms with E-state index in [2.05, 4.69) is 5.32 Å². The number of hydrogen-bond donors (Lipinski definition) is 2. The molecule has 2 N–H and O–H groups in total. The Labute approximate surface area is 60.8 Å². The standard InChI is InChI=1S/C5H11NO2.ClH/c7-5-4-8-3-1-2-6-5;/h5-7H,1-4H2;1H. The smallest absolute Gasteiger partial charge is 0.128 e. The summed E-state index contributed by atoms with van der Waals surface area (Å²) in [6.45, 7) is 2.06. The Bertz CT molecular complexity index is 64.0. The Morgan fingerprint density at radius 1 is 1.56 bits per heavy atom. The van der Waals surface area contributed by atoms with Gasteiger partial charge < -0.3 is 9.84 Å². The normalized spacial score (nSPS) is 28.3. The molecule has 9 heavy (non-hydrogen) atoms. The molecule has 0 radical (unpaired) electrons. The van der Waals surface area contributed by atoms with Gasteiger partial charge in [0.05, 0.1) is 6.61 Å². The third-order valence-electron chi connectivity index (χ3n) is 1.12. The van der Waals surface area contributed by atoms with Crippen molar-refractivity contribution < 1.29 is 9.84 Å². The number of aliphatic hydroxyl groups excluding tert-OH is 1. The van der Waals surface area contributed by atoms with Gasteiger partial charge in [-0.25, -0.2) is 0 Å². The molecule has 0 aromatic carbocycles. The lowest BCUT2D eigenvalue weighted by Crippen LogP contribution is -2.30. The molecule has 56 valence electrons. The van der Waals surface area contributed by atoms with Crippen molar-refractivity contribution in [2.75, 3.05) is 19.8 Å². The number of ether oxygens (including phenoxy) is 1. The lowest BCUT2D eigenvalue weighted by Gasteiger charge is -2.04. The summed E-state index contributed by atoms with van der Waals surface area (Å²) in [5, 5.41) is 11.7. The van der Waals surface area contributed by atoms with Gasteiger partial charge in [-0.3, -0.25) is 5.32 Å². The first-order valence-electron chi connectivity index (χ1n) is 2.89. The van der Waals surface area contributed by atoms with E-state index in [1.54, 1.807) is 0 Å². The second-order valence-electron chi connectivity index (χ2n) is 1.90. The third-order valence-corrected chi connectivity index (χ3v) is 1.12. The summed E-state index contributed by atoms with van der Waals surface area (Å²) in [6, 6.07) is 0. The van der Waals surface area contributed by atoms with Gasteiger partial charge in [0.2, 0.25) is 0 Å². The van der Waals surface area contributed by atoms with Crippen LogP contribution in [0, 0.1) is 0 Å². The van der Waals surface area contributed by atoms with Gasteiger partial charge in [-0.2, -0.15) is 0 Å². The molecule has 0 bridgehead atoms. The zero-order valence-corrected chi connectivity index (χ0v) is 5.99. The summed E-state index contributed by atoms with van der Waals surface area (Å²) >= 11 is 0. The van der Waals surface area contributed by atoms with Crippen LogP contribution < -0.4 is 5.32 Å². The predicted molar refractivity (Wildman–Crippen MR) is 36.7 cm³/mol. The van der Waals surface area contributed by atoms with Gasteiger partial charge >= 0.3 is 0 Å². The monoisotopic (exact) mass is 153 g/mol. The number of hydrogen-bond acceptors (Lipinski definition) is 3. The summed E-state index contributed by atoms with van der Waals surface area (Å²) in [6.07, 6.45) is 0.550. The molecule has 0 aromatic heterocycles. The van der Waals surface area contributed by atoms with Crippen molar-refractivity contribution in [2.24, 2.45) is 0 Å². The summed E-state index contributed by atoms with van der Waals surface area (Å²) in [5.41, 5.74) is 0. The van der Waals surface area contributed by atoms with Gasteiger partial charge in [-0.1, -0.05) is 0 Å². The van der Waals surface area contributed by atoms with Crippen LogP contribution in [0.25, 0.3) is 0 Å². The van der Waals surface area contributed by atoms with Crippen molar-refractivity contribution in [3.05, 3.63) is 0 Å². The van der Waals surface area contributed by atoms with Gasteiger partial charge in [0.1, 0.15) is 6.23 Å². The van der Waals surface area contributed by atoms with E-state index in [1.165, 1.54) is 0 Å². The highest BCUT2D eigenvalue weighted by Gasteiger charge is 2.05. The largest absolute Gasteiger partial charge is 0.377 e. The molecule has 1 unspecified atom stereocenters. The number of nitrogens with one attached hydrogen (secondary N) is 1. The molecule has 1 saturated heterocycles. The van der Waals surface area contributed by atoms with E-state index in [0.29, 0.717) is 6.61 Å². The van der Waals surface area contributed by atoms with Crippen LogP contribution in [-0.2, 0) is 4.74 Å². The average Bonchev–Trinajstić information content (AvgIpc) is 1.94. The van der Waals surface area contributed by atoms with Gasteiger partial charge in [-0.05, 0) is 13.0 Å². The van der Waals surface area contributed by atoms with E-state index >= 15 is 0 Å². The molecule has 1 rings (SSSR count). The van der Waals surface area contributed by atoms with E-state index in [4.69, 9.17) is 9.84 Å². The zero-order chi connectivity index (χ0) is 5.82. The van der Waals surface area contributed by atoms with Crippen molar-refractivity contribution >= 4 is 12.4 Å². The molecule has 1 atom stereocenters. The minimum atomic E-state index is -0.447. The van der Waals surface area contributed by atoms with Crippen LogP contribution in [0.2, 0.25) is 0 Å². The average molecular weight is 154 g/mol. The first-order chi connectivity index (χ1) is 3.89. The van der Waals surface area contributed by atoms with Crippen molar-refractivity contribution in [1.82, 2.24) is 5.32 Å². The van der Waals surface area contributed by atoms with Gasteiger partial charge in [0.15, 0.2) is 0 Å². The van der Waals surface area contributed by atoms with Crippen molar-refractivity contribution in [1.29, 1.82) is 0 Å². The highest BCUT2D eigenvalue weighted by Crippen LogP contribution is 1.89. The van der Waals surface area contributed by atoms with Crippen molar-refractivity contribution in [2.45, 2.75) is 12.6 Å². The number of aliphatic hydroxyl groups is 1. The fourth-order valence-corrected chi connectivity index (χ4v) is 0.697. The first-order valence-corrected chi connectivity index (χ1v) is 2.89. The third kappa shape index (κ3) is 3.70. The maximum atomic E-state index is 8.85. The molecule has 3 nitrogen and oxygen atoms in total. The van der Waals surface area contributed by atoms with Crippen LogP contribution in [0.5, 0.6) is 0 Å². The van der Waals surface area contributed by atoms with Crippen LogP contribution in [-0.4, -0.2) is 31.1 Å². The summed E-state index contributed by atoms with van der Waals surface area (Å²) in [4.78, 5) is 0. The zero-order valence-electron chi connectivity index (χ0n) is 5.17.